The van der Waals surface area contributed by atoms with Gasteiger partial charge in [-0.05, 0) is 38.8 Å². The van der Waals surface area contributed by atoms with Crippen LogP contribution in [-0.2, 0) is 6.54 Å². The highest BCUT2D eigenvalue weighted by Crippen LogP contribution is 2.15. The predicted octanol–water partition coefficient (Wildman–Crippen LogP) is 2.15. The fourth-order valence-corrected chi connectivity index (χ4v) is 1.64. The zero-order valence-corrected chi connectivity index (χ0v) is 9.53. The molecule has 0 amide bonds. The monoisotopic (exact) mass is 205 g/mol. The van der Waals surface area contributed by atoms with Crippen molar-refractivity contribution in [3.63, 3.8) is 0 Å². The lowest BCUT2D eigenvalue weighted by molar-refractivity contribution is 0.367. The first kappa shape index (κ1) is 9.96. The van der Waals surface area contributed by atoms with Crippen molar-refractivity contribution in [2.75, 3.05) is 0 Å². The lowest BCUT2D eigenvalue weighted by Crippen LogP contribution is -2.00. The second-order valence-corrected chi connectivity index (χ2v) is 3.89. The van der Waals surface area contributed by atoms with Crippen LogP contribution in [-0.4, -0.2) is 14.7 Å². The molecule has 0 bridgehead atoms. The van der Waals surface area contributed by atoms with Gasteiger partial charge in [0.1, 0.15) is 6.54 Å². The van der Waals surface area contributed by atoms with E-state index in [4.69, 9.17) is 4.52 Å². The number of hydrogen-bond acceptors (Lipinski definition) is 3. The SMILES string of the molecule is Cc1noc(Cn2cc(C)c(C)c2C)n1. The molecule has 0 N–H and O–H groups in total. The number of hydrogen-bond donors (Lipinski definition) is 0. The van der Waals surface area contributed by atoms with Crippen LogP contribution >= 0.6 is 0 Å². The average Bonchev–Trinajstić information content (AvgIpc) is 2.68. The molecule has 2 aromatic heterocycles. The lowest BCUT2D eigenvalue weighted by Gasteiger charge is -2.01. The summed E-state index contributed by atoms with van der Waals surface area (Å²) in [6.07, 6.45) is 2.12. The molecule has 0 fully saturated rings. The molecule has 2 heterocycles. The Morgan fingerprint density at radius 1 is 1.27 bits per heavy atom. The van der Waals surface area contributed by atoms with Crippen molar-refractivity contribution in [3.8, 4) is 0 Å². The van der Waals surface area contributed by atoms with Crippen LogP contribution in [0.1, 0.15) is 28.5 Å². The van der Waals surface area contributed by atoms with Crippen LogP contribution in [0.15, 0.2) is 10.7 Å². The van der Waals surface area contributed by atoms with E-state index in [2.05, 4.69) is 41.7 Å². The van der Waals surface area contributed by atoms with E-state index in [9.17, 15) is 0 Å². The Morgan fingerprint density at radius 2 is 2.00 bits per heavy atom. The molecule has 0 aliphatic rings. The Hall–Kier alpha value is -1.58. The van der Waals surface area contributed by atoms with Crippen molar-refractivity contribution < 1.29 is 4.52 Å². The van der Waals surface area contributed by atoms with Crippen molar-refractivity contribution in [1.29, 1.82) is 0 Å². The van der Waals surface area contributed by atoms with Gasteiger partial charge in [-0.15, -0.1) is 0 Å². The van der Waals surface area contributed by atoms with Crippen molar-refractivity contribution >= 4 is 0 Å². The molecule has 4 heteroatoms. The summed E-state index contributed by atoms with van der Waals surface area (Å²) < 4.78 is 7.23. The molecular weight excluding hydrogens is 190 g/mol. The van der Waals surface area contributed by atoms with Crippen molar-refractivity contribution in [2.45, 2.75) is 34.2 Å². The normalized spacial score (nSPS) is 10.9. The molecule has 80 valence electrons. The second kappa shape index (κ2) is 3.53. The summed E-state index contributed by atoms with van der Waals surface area (Å²) in [5, 5.41) is 3.77. The molecule has 0 saturated heterocycles. The largest absolute Gasteiger partial charge is 0.342 e. The minimum Gasteiger partial charge on any atom is -0.342 e. The second-order valence-electron chi connectivity index (χ2n) is 3.89. The summed E-state index contributed by atoms with van der Waals surface area (Å²) >= 11 is 0. The van der Waals surface area contributed by atoms with Crippen molar-refractivity contribution in [1.82, 2.24) is 14.7 Å². The molecule has 0 aliphatic heterocycles. The molecule has 0 aromatic carbocycles. The summed E-state index contributed by atoms with van der Waals surface area (Å²) in [5.74, 6) is 1.34. The first-order chi connectivity index (χ1) is 7.08. The van der Waals surface area contributed by atoms with Gasteiger partial charge < -0.3 is 9.09 Å². The van der Waals surface area contributed by atoms with Crippen LogP contribution in [0, 0.1) is 27.7 Å². The maximum Gasteiger partial charge on any atom is 0.246 e. The van der Waals surface area contributed by atoms with Crippen molar-refractivity contribution in [2.24, 2.45) is 0 Å². The van der Waals surface area contributed by atoms with E-state index in [0.29, 0.717) is 18.3 Å². The van der Waals surface area contributed by atoms with Gasteiger partial charge in [0.25, 0.3) is 0 Å². The Balaban J connectivity index is 2.28. The fourth-order valence-electron chi connectivity index (χ4n) is 1.64. The number of aryl methyl sites for hydroxylation is 2. The van der Waals surface area contributed by atoms with E-state index in [1.54, 1.807) is 0 Å². The highest BCUT2D eigenvalue weighted by molar-refractivity contribution is 5.29. The van der Waals surface area contributed by atoms with Gasteiger partial charge in [-0.25, -0.2) is 0 Å². The van der Waals surface area contributed by atoms with Crippen LogP contribution in [0.3, 0.4) is 0 Å². The fraction of sp³-hybridized carbons (Fsp3) is 0.455. The van der Waals surface area contributed by atoms with E-state index < -0.39 is 0 Å². The number of rotatable bonds is 2. The molecule has 0 atom stereocenters. The van der Waals surface area contributed by atoms with Gasteiger partial charge in [0, 0.05) is 11.9 Å². The topological polar surface area (TPSA) is 43.9 Å². The predicted molar refractivity (Wildman–Crippen MR) is 56.8 cm³/mol. The lowest BCUT2D eigenvalue weighted by atomic mass is 10.2. The highest BCUT2D eigenvalue weighted by atomic mass is 16.5. The van der Waals surface area contributed by atoms with Gasteiger partial charge in [0.15, 0.2) is 5.82 Å². The standard InChI is InChI=1S/C11H15N3O/c1-7-5-14(9(3)8(7)2)6-11-12-10(4)13-15-11/h5H,6H2,1-4H3. The molecule has 15 heavy (non-hydrogen) atoms. The third-order valence-electron chi connectivity index (χ3n) is 2.79. The van der Waals surface area contributed by atoms with E-state index in [1.165, 1.54) is 16.8 Å². The zero-order valence-electron chi connectivity index (χ0n) is 9.53. The third kappa shape index (κ3) is 1.79. The van der Waals surface area contributed by atoms with Crippen molar-refractivity contribution in [3.05, 3.63) is 34.7 Å². The maximum atomic E-state index is 5.09. The van der Waals surface area contributed by atoms with Gasteiger partial charge in [-0.2, -0.15) is 4.98 Å². The van der Waals surface area contributed by atoms with Gasteiger partial charge in [-0.3, -0.25) is 0 Å². The zero-order chi connectivity index (χ0) is 11.0. The molecule has 0 saturated carbocycles. The van der Waals surface area contributed by atoms with E-state index >= 15 is 0 Å². The summed E-state index contributed by atoms with van der Waals surface area (Å²) in [7, 11) is 0. The van der Waals surface area contributed by atoms with E-state index in [1.807, 2.05) is 6.92 Å². The van der Waals surface area contributed by atoms with E-state index in [0.717, 1.165) is 0 Å². The quantitative estimate of drug-likeness (QED) is 0.754. The maximum absolute atomic E-state index is 5.09. The van der Waals surface area contributed by atoms with Crippen LogP contribution < -0.4 is 0 Å². The third-order valence-corrected chi connectivity index (χ3v) is 2.79. The molecule has 2 aromatic rings. The van der Waals surface area contributed by atoms with Gasteiger partial charge in [0.2, 0.25) is 5.89 Å². The minimum absolute atomic E-state index is 0.654. The summed E-state index contributed by atoms with van der Waals surface area (Å²) in [5.41, 5.74) is 3.87. The number of aromatic nitrogens is 3. The summed E-state index contributed by atoms with van der Waals surface area (Å²) in [6, 6.07) is 0. The number of nitrogens with zero attached hydrogens (tertiary/aromatic N) is 3. The van der Waals surface area contributed by atoms with Gasteiger partial charge >= 0.3 is 0 Å². The van der Waals surface area contributed by atoms with Crippen LogP contribution in [0.4, 0.5) is 0 Å². The van der Waals surface area contributed by atoms with Crippen LogP contribution in [0.25, 0.3) is 0 Å². The first-order valence-electron chi connectivity index (χ1n) is 5.00. The smallest absolute Gasteiger partial charge is 0.246 e. The highest BCUT2D eigenvalue weighted by Gasteiger charge is 2.08. The first-order valence-corrected chi connectivity index (χ1v) is 5.00. The molecule has 0 aliphatic carbocycles. The molecule has 0 unspecified atom stereocenters. The Kier molecular flexibility index (Phi) is 2.34. The average molecular weight is 205 g/mol. The van der Waals surface area contributed by atoms with E-state index in [-0.39, 0.29) is 0 Å². The minimum atomic E-state index is 0.654. The Morgan fingerprint density at radius 3 is 2.47 bits per heavy atom. The van der Waals surface area contributed by atoms with Crippen LogP contribution in [0.5, 0.6) is 0 Å². The summed E-state index contributed by atoms with van der Waals surface area (Å²) in [4.78, 5) is 4.19. The van der Waals surface area contributed by atoms with Gasteiger partial charge in [-0.1, -0.05) is 5.16 Å². The molecule has 0 spiro atoms. The Bertz CT molecular complexity index is 482. The molecule has 2 rings (SSSR count). The molecule has 0 radical (unpaired) electrons. The van der Waals surface area contributed by atoms with Gasteiger partial charge in [0.05, 0.1) is 0 Å². The van der Waals surface area contributed by atoms with Crippen LogP contribution in [0.2, 0.25) is 0 Å². The summed E-state index contributed by atoms with van der Waals surface area (Å²) in [6.45, 7) is 8.82. The molecule has 4 nitrogen and oxygen atoms in total. The Labute approximate surface area is 88.9 Å². The molecular formula is C11H15N3O.